The number of amides is 1. The first kappa shape index (κ1) is 27.1. The quantitative estimate of drug-likeness (QED) is 0.409. The molecule has 1 aromatic heterocycles. The molecule has 1 fully saturated rings. The number of Topliss-reactive ketones (excluding diaryl/α,β-unsaturated/α-hetero) is 1. The highest BCUT2D eigenvalue weighted by molar-refractivity contribution is 7.18. The van der Waals surface area contributed by atoms with Crippen molar-refractivity contribution in [2.45, 2.75) is 32.1 Å². The van der Waals surface area contributed by atoms with Crippen LogP contribution >= 0.6 is 11.3 Å². The lowest BCUT2D eigenvalue weighted by atomic mass is 9.76. The van der Waals surface area contributed by atoms with Crippen LogP contribution in [0.15, 0.2) is 36.4 Å². The van der Waals surface area contributed by atoms with E-state index in [0.717, 1.165) is 33.9 Å². The Labute approximate surface area is 231 Å². The van der Waals surface area contributed by atoms with Crippen LogP contribution in [0.3, 0.4) is 0 Å². The molecule has 3 aromatic rings. The fraction of sp³-hybridized carbons (Fsp3) is 0.448. The van der Waals surface area contributed by atoms with Gasteiger partial charge in [-0.1, -0.05) is 24.3 Å². The Kier molecular flexibility index (Phi) is 7.86. The molecule has 39 heavy (non-hydrogen) atoms. The van der Waals surface area contributed by atoms with Crippen molar-refractivity contribution in [3.8, 4) is 11.5 Å². The fourth-order valence-electron chi connectivity index (χ4n) is 5.54. The van der Waals surface area contributed by atoms with E-state index in [0.29, 0.717) is 49.4 Å². The Bertz CT molecular complexity index is 1370. The summed E-state index contributed by atoms with van der Waals surface area (Å²) >= 11 is 1.47. The number of aliphatic carboxylic acids is 1. The van der Waals surface area contributed by atoms with Gasteiger partial charge in [0.1, 0.15) is 5.78 Å². The minimum absolute atomic E-state index is 0.0376. The lowest BCUT2D eigenvalue weighted by Gasteiger charge is -2.32. The van der Waals surface area contributed by atoms with Gasteiger partial charge in [0.05, 0.1) is 28.8 Å². The van der Waals surface area contributed by atoms with Crippen LogP contribution < -0.4 is 9.47 Å². The highest BCUT2D eigenvalue weighted by atomic mass is 32.1. The minimum Gasteiger partial charge on any atom is -0.493 e. The van der Waals surface area contributed by atoms with E-state index in [1.807, 2.05) is 42.3 Å². The maximum atomic E-state index is 13.4. The van der Waals surface area contributed by atoms with Crippen LogP contribution in [0, 0.1) is 5.41 Å². The summed E-state index contributed by atoms with van der Waals surface area (Å²) in [4.78, 5) is 46.5. The van der Waals surface area contributed by atoms with Crippen molar-refractivity contribution in [1.82, 2.24) is 14.8 Å². The minimum atomic E-state index is -0.957. The number of piperazine rings is 1. The zero-order chi connectivity index (χ0) is 27.6. The van der Waals surface area contributed by atoms with Crippen molar-refractivity contribution in [3.05, 3.63) is 52.5 Å². The summed E-state index contributed by atoms with van der Waals surface area (Å²) in [5.74, 6) is -0.0908. The fourth-order valence-corrected chi connectivity index (χ4v) is 6.52. The number of ether oxygens (including phenoxy) is 2. The van der Waals surface area contributed by atoms with E-state index in [2.05, 4.69) is 4.90 Å². The Balaban J connectivity index is 1.26. The molecule has 2 aliphatic rings. The number of carboxylic acid groups (broad SMARTS) is 1. The molecule has 2 aromatic carbocycles. The number of rotatable bonds is 10. The summed E-state index contributed by atoms with van der Waals surface area (Å²) in [6.45, 7) is 2.97. The molecule has 1 N–H and O–H groups in total. The van der Waals surface area contributed by atoms with E-state index in [1.165, 1.54) is 11.3 Å². The molecule has 0 unspecified atom stereocenters. The Morgan fingerprint density at radius 3 is 2.38 bits per heavy atom. The smallest absolute Gasteiger partial charge is 0.304 e. The normalized spacial score (nSPS) is 16.7. The molecule has 0 radical (unpaired) electrons. The number of aromatic nitrogens is 1. The van der Waals surface area contributed by atoms with Gasteiger partial charge in [0.2, 0.25) is 0 Å². The second-order valence-electron chi connectivity index (χ2n) is 10.4. The number of carbonyl (C=O) groups is 3. The van der Waals surface area contributed by atoms with E-state index in [-0.39, 0.29) is 31.1 Å². The first-order chi connectivity index (χ1) is 18.8. The number of fused-ring (bicyclic) bond motifs is 2. The van der Waals surface area contributed by atoms with Crippen LogP contribution in [0.25, 0.3) is 10.2 Å². The summed E-state index contributed by atoms with van der Waals surface area (Å²) in [6.07, 6.45) is 1.39. The average Bonchev–Trinajstić information content (AvgIpc) is 3.50. The molecule has 5 rings (SSSR count). The zero-order valence-electron chi connectivity index (χ0n) is 22.3. The van der Waals surface area contributed by atoms with Gasteiger partial charge in [-0.25, -0.2) is 4.98 Å². The maximum Gasteiger partial charge on any atom is 0.304 e. The molecular weight excluding hydrogens is 518 g/mol. The number of hydrogen-bond donors (Lipinski definition) is 1. The number of hydrogen-bond acceptors (Lipinski definition) is 8. The number of likely N-dealkylation sites (N-methyl/N-ethyl adjacent to an activating group) is 1. The molecule has 0 spiro atoms. The molecule has 206 valence electrons. The molecule has 10 heteroatoms. The first-order valence-electron chi connectivity index (χ1n) is 13.1. The van der Waals surface area contributed by atoms with E-state index >= 15 is 0 Å². The third-order valence-electron chi connectivity index (χ3n) is 7.75. The van der Waals surface area contributed by atoms with Gasteiger partial charge < -0.3 is 24.4 Å². The Hall–Kier alpha value is -3.50. The summed E-state index contributed by atoms with van der Waals surface area (Å²) in [6, 6.07) is 11.4. The van der Waals surface area contributed by atoms with Crippen molar-refractivity contribution >= 4 is 39.2 Å². The Morgan fingerprint density at radius 1 is 1.05 bits per heavy atom. The molecular formula is C29H33N3O6S. The average molecular weight is 552 g/mol. The highest BCUT2D eigenvalue weighted by Gasteiger charge is 2.44. The van der Waals surface area contributed by atoms with Crippen LogP contribution in [0.1, 0.15) is 29.0 Å². The van der Waals surface area contributed by atoms with Gasteiger partial charge in [-0.3, -0.25) is 14.4 Å². The lowest BCUT2D eigenvalue weighted by Crippen LogP contribution is -2.48. The van der Waals surface area contributed by atoms with Gasteiger partial charge in [0.25, 0.3) is 5.91 Å². The number of thiazole rings is 1. The monoisotopic (exact) mass is 551 g/mol. The molecule has 0 bridgehead atoms. The summed E-state index contributed by atoms with van der Waals surface area (Å²) in [5.41, 5.74) is 1.90. The lowest BCUT2D eigenvalue weighted by molar-refractivity contribution is -0.144. The van der Waals surface area contributed by atoms with Gasteiger partial charge in [-0.15, -0.1) is 11.3 Å². The Morgan fingerprint density at radius 2 is 1.74 bits per heavy atom. The van der Waals surface area contributed by atoms with E-state index in [4.69, 9.17) is 14.5 Å². The van der Waals surface area contributed by atoms with Crippen LogP contribution in [0.4, 0.5) is 0 Å². The first-order valence-corrected chi connectivity index (χ1v) is 14.0. The van der Waals surface area contributed by atoms with Gasteiger partial charge >= 0.3 is 5.97 Å². The number of nitrogens with zero attached hydrogens (tertiary/aromatic N) is 3. The summed E-state index contributed by atoms with van der Waals surface area (Å²) in [5, 5.41) is 10.4. The van der Waals surface area contributed by atoms with Crippen LogP contribution in [-0.2, 0) is 33.6 Å². The largest absolute Gasteiger partial charge is 0.493 e. The van der Waals surface area contributed by atoms with Crippen molar-refractivity contribution in [1.29, 1.82) is 0 Å². The molecule has 9 nitrogen and oxygen atoms in total. The third-order valence-corrected chi connectivity index (χ3v) is 8.83. The maximum absolute atomic E-state index is 13.4. The van der Waals surface area contributed by atoms with Gasteiger partial charge in [-0.2, -0.15) is 0 Å². The van der Waals surface area contributed by atoms with Crippen LogP contribution in [0.5, 0.6) is 11.5 Å². The number of carbonyl (C=O) groups excluding carboxylic acids is 2. The van der Waals surface area contributed by atoms with Gasteiger partial charge in [0, 0.05) is 56.6 Å². The van der Waals surface area contributed by atoms with E-state index < -0.39 is 11.4 Å². The number of ketones is 1. The second kappa shape index (κ2) is 11.3. The standard InChI is InChI=1S/C29H33N3O6S/c1-31-9-11-32(12-10-31)27(34)18-38-23-13-21-24(14-22(23)37-2)39-26(30-21)8-7-25(33)29(17-28(35)36)15-19-5-3-4-6-20(19)16-29/h3-6,13-14H,7-12,15-18H2,1-2H3,(H,35,36). The molecule has 0 atom stereocenters. The molecule has 1 aliphatic heterocycles. The van der Waals surface area contributed by atoms with Gasteiger partial charge in [0.15, 0.2) is 18.1 Å². The number of carboxylic acids is 1. The SMILES string of the molecule is COc1cc2sc(CCC(=O)C3(CC(=O)O)Cc4ccccc4C3)nc2cc1OCC(=O)N1CCN(C)CC1. The summed E-state index contributed by atoms with van der Waals surface area (Å²) < 4.78 is 12.3. The molecule has 1 aliphatic carbocycles. The molecule has 2 heterocycles. The summed E-state index contributed by atoms with van der Waals surface area (Å²) in [7, 11) is 3.59. The predicted octanol–water partition coefficient (Wildman–Crippen LogP) is 3.22. The number of methoxy groups -OCH3 is 1. The number of benzene rings is 2. The highest BCUT2D eigenvalue weighted by Crippen LogP contribution is 2.42. The van der Waals surface area contributed by atoms with E-state index in [9.17, 15) is 19.5 Å². The van der Waals surface area contributed by atoms with Crippen molar-refractivity contribution in [3.63, 3.8) is 0 Å². The zero-order valence-corrected chi connectivity index (χ0v) is 23.1. The van der Waals surface area contributed by atoms with E-state index in [1.54, 1.807) is 13.2 Å². The van der Waals surface area contributed by atoms with Crippen molar-refractivity contribution < 1.29 is 29.0 Å². The predicted molar refractivity (Wildman–Crippen MR) is 148 cm³/mol. The van der Waals surface area contributed by atoms with Crippen LogP contribution in [0.2, 0.25) is 0 Å². The van der Waals surface area contributed by atoms with Crippen molar-refractivity contribution in [2.75, 3.05) is 46.9 Å². The molecule has 1 saturated heterocycles. The topological polar surface area (TPSA) is 109 Å². The van der Waals surface area contributed by atoms with Gasteiger partial charge in [-0.05, 0) is 31.0 Å². The molecule has 1 amide bonds. The molecule has 0 saturated carbocycles. The second-order valence-corrected chi connectivity index (χ2v) is 11.6. The number of aryl methyl sites for hydroxylation is 1. The van der Waals surface area contributed by atoms with Crippen molar-refractivity contribution in [2.24, 2.45) is 5.41 Å². The third kappa shape index (κ3) is 5.91. The van der Waals surface area contributed by atoms with Crippen LogP contribution in [-0.4, -0.2) is 84.5 Å².